The van der Waals surface area contributed by atoms with Crippen LogP contribution in [0.2, 0.25) is 0 Å². The van der Waals surface area contributed by atoms with Crippen molar-refractivity contribution in [3.05, 3.63) is 70.8 Å². The molecule has 8 heteroatoms. The highest BCUT2D eigenvalue weighted by Gasteiger charge is 2.11. The van der Waals surface area contributed by atoms with Crippen molar-refractivity contribution in [2.45, 2.75) is 28.4 Å². The first-order valence-corrected chi connectivity index (χ1v) is 9.20. The maximum absolute atomic E-state index is 12.0. The summed E-state index contributed by atoms with van der Waals surface area (Å²) in [5.74, 6) is -1.15. The molecule has 0 bridgehead atoms. The molecule has 0 heterocycles. The molecule has 0 saturated heterocycles. The molecule has 0 radical (unpaired) electrons. The molecule has 8 nitrogen and oxygen atoms in total. The molecule has 0 aliphatic carbocycles. The number of rotatable bonds is 12. The van der Waals surface area contributed by atoms with Crippen LogP contribution in [0.3, 0.4) is 0 Å². The van der Waals surface area contributed by atoms with Gasteiger partial charge in [-0.2, -0.15) is 0 Å². The molecule has 0 N–H and O–H groups in total. The predicted octanol–water partition coefficient (Wildman–Crippen LogP) is 4.27. The van der Waals surface area contributed by atoms with E-state index in [0.29, 0.717) is 18.8 Å². The SMILES string of the molecule is C.C.COCCOCOC(=O)c1ccc(C(=O)OCOCc2ccc(C(C)=O)cc2)cc1. The summed E-state index contributed by atoms with van der Waals surface area (Å²) < 4.78 is 25.2. The van der Waals surface area contributed by atoms with Crippen LogP contribution >= 0.6 is 0 Å². The van der Waals surface area contributed by atoms with E-state index < -0.39 is 11.9 Å². The Hall–Kier alpha value is -3.07. The molecule has 2 aromatic rings. The minimum Gasteiger partial charge on any atom is -0.435 e. The van der Waals surface area contributed by atoms with Gasteiger partial charge in [0.2, 0.25) is 0 Å². The summed E-state index contributed by atoms with van der Waals surface area (Å²) in [5, 5.41) is 0. The number of hydrogen-bond acceptors (Lipinski definition) is 8. The summed E-state index contributed by atoms with van der Waals surface area (Å²) in [6, 6.07) is 12.8. The summed E-state index contributed by atoms with van der Waals surface area (Å²) in [5.41, 5.74) is 2.03. The molecule has 0 aliphatic heterocycles. The van der Waals surface area contributed by atoms with E-state index in [-0.39, 0.29) is 52.0 Å². The number of ether oxygens (including phenoxy) is 5. The number of esters is 2. The fourth-order valence-electron chi connectivity index (χ4n) is 2.30. The van der Waals surface area contributed by atoms with Crippen molar-refractivity contribution >= 4 is 17.7 Å². The lowest BCUT2D eigenvalue weighted by Crippen LogP contribution is -2.12. The van der Waals surface area contributed by atoms with Gasteiger partial charge in [0.15, 0.2) is 19.4 Å². The second-order valence-electron chi connectivity index (χ2n) is 6.18. The lowest BCUT2D eigenvalue weighted by Gasteiger charge is -2.08. The second-order valence-corrected chi connectivity index (χ2v) is 6.18. The molecule has 0 unspecified atom stereocenters. The Kier molecular flexibility index (Phi) is 14.2. The molecule has 2 rings (SSSR count). The summed E-state index contributed by atoms with van der Waals surface area (Å²) in [7, 11) is 1.54. The maximum atomic E-state index is 12.0. The third-order valence-corrected chi connectivity index (χ3v) is 3.96. The lowest BCUT2D eigenvalue weighted by molar-refractivity contribution is -0.0437. The molecule has 0 aromatic heterocycles. The zero-order chi connectivity index (χ0) is 21.8. The van der Waals surface area contributed by atoms with Gasteiger partial charge in [0.05, 0.1) is 30.9 Å². The van der Waals surface area contributed by atoms with Crippen LogP contribution in [0.5, 0.6) is 0 Å². The van der Waals surface area contributed by atoms with E-state index in [1.54, 1.807) is 31.4 Å². The molecule has 0 aliphatic rings. The quantitative estimate of drug-likeness (QED) is 0.206. The topological polar surface area (TPSA) is 97.4 Å². The molecular weight excluding hydrogens is 416 g/mol. The summed E-state index contributed by atoms with van der Waals surface area (Å²) in [6.07, 6.45) is 0. The Balaban J connectivity index is 0.00000480. The molecular formula is C24H32O8. The molecule has 2 aromatic carbocycles. The molecule has 32 heavy (non-hydrogen) atoms. The zero-order valence-electron chi connectivity index (χ0n) is 16.9. The monoisotopic (exact) mass is 448 g/mol. The summed E-state index contributed by atoms with van der Waals surface area (Å²) >= 11 is 0. The summed E-state index contributed by atoms with van der Waals surface area (Å²) in [6.45, 7) is 2.06. The van der Waals surface area contributed by atoms with Gasteiger partial charge in [0.25, 0.3) is 0 Å². The number of benzene rings is 2. The van der Waals surface area contributed by atoms with Gasteiger partial charge in [-0.25, -0.2) is 9.59 Å². The van der Waals surface area contributed by atoms with Crippen molar-refractivity contribution in [3.8, 4) is 0 Å². The Labute approximate surface area is 189 Å². The molecule has 0 saturated carbocycles. The highest BCUT2D eigenvalue weighted by Crippen LogP contribution is 2.09. The third-order valence-electron chi connectivity index (χ3n) is 3.96. The second kappa shape index (κ2) is 15.7. The number of carbonyl (C=O) groups excluding carboxylic acids is 3. The molecule has 0 fully saturated rings. The minimum absolute atomic E-state index is 0. The van der Waals surface area contributed by atoms with Crippen LogP contribution in [-0.4, -0.2) is 51.6 Å². The van der Waals surface area contributed by atoms with Gasteiger partial charge in [0, 0.05) is 12.7 Å². The fourth-order valence-corrected chi connectivity index (χ4v) is 2.30. The van der Waals surface area contributed by atoms with Gasteiger partial charge in [-0.3, -0.25) is 4.79 Å². The lowest BCUT2D eigenvalue weighted by atomic mass is 10.1. The number of hydrogen-bond donors (Lipinski definition) is 0. The van der Waals surface area contributed by atoms with Crippen molar-refractivity contribution < 1.29 is 38.1 Å². The summed E-state index contributed by atoms with van der Waals surface area (Å²) in [4.78, 5) is 35.2. The largest absolute Gasteiger partial charge is 0.435 e. The maximum Gasteiger partial charge on any atom is 0.340 e. The minimum atomic E-state index is -0.579. The van der Waals surface area contributed by atoms with Gasteiger partial charge < -0.3 is 23.7 Å². The van der Waals surface area contributed by atoms with Gasteiger partial charge in [-0.15, -0.1) is 0 Å². The van der Waals surface area contributed by atoms with Gasteiger partial charge >= 0.3 is 11.9 Å². The van der Waals surface area contributed by atoms with Crippen LogP contribution < -0.4 is 0 Å². The van der Waals surface area contributed by atoms with Crippen molar-refractivity contribution in [2.75, 3.05) is 33.9 Å². The van der Waals surface area contributed by atoms with Crippen molar-refractivity contribution in [1.29, 1.82) is 0 Å². The Morgan fingerprint density at radius 3 is 1.62 bits per heavy atom. The van der Waals surface area contributed by atoms with Gasteiger partial charge in [-0.1, -0.05) is 39.1 Å². The van der Waals surface area contributed by atoms with Crippen molar-refractivity contribution in [2.24, 2.45) is 0 Å². The first-order valence-electron chi connectivity index (χ1n) is 9.20. The number of carbonyl (C=O) groups is 3. The average Bonchev–Trinajstić information content (AvgIpc) is 2.76. The van der Waals surface area contributed by atoms with Gasteiger partial charge in [0.1, 0.15) is 0 Å². The van der Waals surface area contributed by atoms with E-state index in [1.165, 1.54) is 31.2 Å². The highest BCUT2D eigenvalue weighted by molar-refractivity contribution is 5.94. The number of ketones is 1. The van der Waals surface area contributed by atoms with E-state index in [2.05, 4.69) is 0 Å². The van der Waals surface area contributed by atoms with Crippen LogP contribution in [0.15, 0.2) is 48.5 Å². The first-order chi connectivity index (χ1) is 14.5. The van der Waals surface area contributed by atoms with E-state index in [4.69, 9.17) is 23.7 Å². The standard InChI is InChI=1S/C22H24O8.2CH4/c1-16(23)18-5-3-17(4-6-18)13-28-15-30-22(25)20-9-7-19(8-10-20)21(24)29-14-27-12-11-26-2;;/h3-10H,11-15H2,1-2H3;2*1H4. The van der Waals surface area contributed by atoms with Crippen molar-refractivity contribution in [1.82, 2.24) is 0 Å². The molecule has 0 amide bonds. The van der Waals surface area contributed by atoms with Crippen LogP contribution in [0.4, 0.5) is 0 Å². The van der Waals surface area contributed by atoms with E-state index >= 15 is 0 Å². The zero-order valence-corrected chi connectivity index (χ0v) is 16.9. The smallest absolute Gasteiger partial charge is 0.340 e. The number of Topliss-reactive ketones (excluding diaryl/α,β-unsaturated/α-hetero) is 1. The van der Waals surface area contributed by atoms with Crippen molar-refractivity contribution in [3.63, 3.8) is 0 Å². The Morgan fingerprint density at radius 2 is 1.16 bits per heavy atom. The van der Waals surface area contributed by atoms with E-state index in [0.717, 1.165) is 5.56 Å². The third kappa shape index (κ3) is 9.82. The number of methoxy groups -OCH3 is 1. The average molecular weight is 449 g/mol. The normalized spacial score (nSPS) is 9.81. The van der Waals surface area contributed by atoms with Crippen LogP contribution in [-0.2, 0) is 30.3 Å². The molecule has 0 spiro atoms. The highest BCUT2D eigenvalue weighted by atomic mass is 16.7. The van der Waals surface area contributed by atoms with E-state index in [1.807, 2.05) is 0 Å². The van der Waals surface area contributed by atoms with Crippen LogP contribution in [0.25, 0.3) is 0 Å². The fraction of sp³-hybridized carbons (Fsp3) is 0.375. The van der Waals surface area contributed by atoms with E-state index in [9.17, 15) is 14.4 Å². The van der Waals surface area contributed by atoms with Gasteiger partial charge in [-0.05, 0) is 36.8 Å². The van der Waals surface area contributed by atoms with Crippen LogP contribution in [0, 0.1) is 0 Å². The Bertz CT molecular complexity index is 828. The Morgan fingerprint density at radius 1 is 0.688 bits per heavy atom. The van der Waals surface area contributed by atoms with Crippen LogP contribution in [0.1, 0.15) is 58.4 Å². The molecule has 176 valence electrons. The first kappa shape index (κ1) is 28.9. The molecule has 0 atom stereocenters. The predicted molar refractivity (Wildman–Crippen MR) is 120 cm³/mol.